The molecule has 154 valence electrons. The highest BCUT2D eigenvalue weighted by Gasteiger charge is 2.22. The number of allylic oxidation sites excluding steroid dienone is 1. The quantitative estimate of drug-likeness (QED) is 0.735. The van der Waals surface area contributed by atoms with E-state index in [1.807, 2.05) is 24.3 Å². The van der Waals surface area contributed by atoms with E-state index in [9.17, 15) is 9.90 Å². The largest absolute Gasteiger partial charge is 0.497 e. The van der Waals surface area contributed by atoms with E-state index in [0.29, 0.717) is 53.4 Å². The predicted molar refractivity (Wildman–Crippen MR) is 110 cm³/mol. The number of hydrogen-bond acceptors (Lipinski definition) is 6. The first kappa shape index (κ1) is 20.7. The maximum atomic E-state index is 13.3. The Morgan fingerprint density at radius 1 is 0.966 bits per heavy atom. The number of benzene rings is 2. The van der Waals surface area contributed by atoms with Crippen LogP contribution in [0.5, 0.6) is 23.0 Å². The molecule has 0 radical (unpaired) electrons. The molecule has 3 rings (SSSR count). The highest BCUT2D eigenvalue weighted by molar-refractivity contribution is 6.12. The first-order valence-electron chi connectivity index (χ1n) is 9.43. The number of carbonyl (C=O) groups excluding carboxylic acids is 1. The lowest BCUT2D eigenvalue weighted by Crippen LogP contribution is -2.10. The van der Waals surface area contributed by atoms with Crippen molar-refractivity contribution in [2.24, 2.45) is 0 Å². The molecule has 0 aromatic heterocycles. The average Bonchev–Trinajstić information content (AvgIpc) is 2.75. The Morgan fingerprint density at radius 3 is 2.24 bits per heavy atom. The van der Waals surface area contributed by atoms with Gasteiger partial charge in [-0.1, -0.05) is 6.07 Å². The lowest BCUT2D eigenvalue weighted by Gasteiger charge is -2.20. The summed E-state index contributed by atoms with van der Waals surface area (Å²) in [5, 5.41) is 10.5. The summed E-state index contributed by atoms with van der Waals surface area (Å²) in [6.45, 7) is 0. The molecule has 6 nitrogen and oxygen atoms in total. The van der Waals surface area contributed by atoms with Crippen LogP contribution in [0.25, 0.3) is 6.08 Å². The summed E-state index contributed by atoms with van der Waals surface area (Å²) in [4.78, 5) is 13.3. The summed E-state index contributed by atoms with van der Waals surface area (Å²) in [6, 6.07) is 8.83. The highest BCUT2D eigenvalue weighted by atomic mass is 16.5. The minimum absolute atomic E-state index is 0.109. The number of aliphatic hydroxyl groups is 1. The molecule has 0 bridgehead atoms. The van der Waals surface area contributed by atoms with Crippen molar-refractivity contribution >= 4 is 11.9 Å². The predicted octanol–water partition coefficient (Wildman–Crippen LogP) is 4.20. The van der Waals surface area contributed by atoms with Crippen LogP contribution in [-0.2, 0) is 0 Å². The van der Waals surface area contributed by atoms with Crippen LogP contribution in [0, 0.1) is 0 Å². The molecule has 0 aliphatic heterocycles. The third kappa shape index (κ3) is 4.22. The average molecular weight is 398 g/mol. The summed E-state index contributed by atoms with van der Waals surface area (Å²) in [7, 11) is 6.15. The molecule has 6 heteroatoms. The van der Waals surface area contributed by atoms with Gasteiger partial charge in [-0.3, -0.25) is 4.79 Å². The van der Waals surface area contributed by atoms with Gasteiger partial charge in [-0.2, -0.15) is 0 Å². The van der Waals surface area contributed by atoms with Gasteiger partial charge in [0.1, 0.15) is 5.75 Å². The van der Waals surface area contributed by atoms with Crippen molar-refractivity contribution in [1.29, 1.82) is 0 Å². The monoisotopic (exact) mass is 398 g/mol. The van der Waals surface area contributed by atoms with E-state index in [-0.39, 0.29) is 5.78 Å². The van der Waals surface area contributed by atoms with Crippen LogP contribution >= 0.6 is 0 Å². The van der Waals surface area contributed by atoms with Crippen LogP contribution < -0.4 is 18.9 Å². The van der Waals surface area contributed by atoms with Gasteiger partial charge in [0.25, 0.3) is 0 Å². The molecule has 1 aliphatic rings. The maximum absolute atomic E-state index is 13.3. The lowest BCUT2D eigenvalue weighted by molar-refractivity contribution is 0.102. The van der Waals surface area contributed by atoms with Crippen LogP contribution in [0.2, 0.25) is 0 Å². The number of ketones is 1. The van der Waals surface area contributed by atoms with E-state index in [1.165, 1.54) is 21.3 Å². The molecule has 0 heterocycles. The van der Waals surface area contributed by atoms with Crippen molar-refractivity contribution in [3.05, 3.63) is 52.6 Å². The second-order valence-electron chi connectivity index (χ2n) is 6.82. The van der Waals surface area contributed by atoms with Gasteiger partial charge < -0.3 is 24.1 Å². The topological polar surface area (TPSA) is 74.2 Å². The van der Waals surface area contributed by atoms with Gasteiger partial charge >= 0.3 is 0 Å². The third-order valence-corrected chi connectivity index (χ3v) is 5.12. The molecule has 2 aromatic rings. The number of fused-ring (bicyclic) bond motifs is 1. The van der Waals surface area contributed by atoms with Crippen LogP contribution in [-0.4, -0.2) is 39.3 Å². The molecule has 0 spiro atoms. The van der Waals surface area contributed by atoms with Crippen LogP contribution in [0.15, 0.2) is 35.9 Å². The lowest BCUT2D eigenvalue weighted by atomic mass is 9.89. The number of Topliss-reactive ketones (excluding diaryl/α,β-unsaturated/α-hetero) is 1. The maximum Gasteiger partial charge on any atom is 0.203 e. The Kier molecular flexibility index (Phi) is 6.44. The van der Waals surface area contributed by atoms with Gasteiger partial charge in [-0.05, 0) is 60.7 Å². The summed E-state index contributed by atoms with van der Waals surface area (Å²) in [6.07, 6.45) is 3.09. The molecule has 1 aliphatic carbocycles. The summed E-state index contributed by atoms with van der Waals surface area (Å²) < 4.78 is 21.4. The van der Waals surface area contributed by atoms with Gasteiger partial charge in [-0.25, -0.2) is 0 Å². The van der Waals surface area contributed by atoms with E-state index >= 15 is 0 Å². The first-order chi connectivity index (χ1) is 14.0. The fourth-order valence-electron chi connectivity index (χ4n) is 3.58. The number of methoxy groups -OCH3 is 4. The van der Waals surface area contributed by atoms with Crippen molar-refractivity contribution in [3.8, 4) is 23.0 Å². The summed E-state index contributed by atoms with van der Waals surface area (Å²) >= 11 is 0. The molecule has 0 saturated carbocycles. The molecule has 0 saturated heterocycles. The summed E-state index contributed by atoms with van der Waals surface area (Å²) in [5.41, 5.74) is 2.70. The Morgan fingerprint density at radius 2 is 1.66 bits per heavy atom. The molecule has 1 atom stereocenters. The zero-order valence-corrected chi connectivity index (χ0v) is 17.2. The minimum Gasteiger partial charge on any atom is -0.497 e. The number of ether oxygens (including phenoxy) is 4. The van der Waals surface area contributed by atoms with E-state index < -0.39 is 6.10 Å². The van der Waals surface area contributed by atoms with Gasteiger partial charge in [-0.15, -0.1) is 0 Å². The molecule has 0 amide bonds. The zero-order chi connectivity index (χ0) is 21.0. The van der Waals surface area contributed by atoms with Crippen LogP contribution in [0.1, 0.15) is 46.9 Å². The molecule has 2 aromatic carbocycles. The van der Waals surface area contributed by atoms with E-state index in [2.05, 4.69) is 0 Å². The zero-order valence-electron chi connectivity index (χ0n) is 17.2. The standard InChI is InChI=1S/C23H26O6/c1-26-17-9-8-14-10-15(6-5-7-19(24)18(14)13-17)22(25)16-11-20(27-2)23(29-4)21(12-16)28-3/h8-13,19,24H,5-7H2,1-4H3. The Balaban J connectivity index is 2.06. The van der Waals surface area contributed by atoms with Gasteiger partial charge in [0, 0.05) is 11.1 Å². The molecule has 0 fully saturated rings. The fraction of sp³-hybridized carbons (Fsp3) is 0.348. The Bertz CT molecular complexity index is 906. The smallest absolute Gasteiger partial charge is 0.203 e. The van der Waals surface area contributed by atoms with Crippen molar-refractivity contribution in [1.82, 2.24) is 0 Å². The third-order valence-electron chi connectivity index (χ3n) is 5.12. The first-order valence-corrected chi connectivity index (χ1v) is 9.43. The van der Waals surface area contributed by atoms with Crippen LogP contribution in [0.3, 0.4) is 0 Å². The van der Waals surface area contributed by atoms with Gasteiger partial charge in [0.2, 0.25) is 5.75 Å². The fourth-order valence-corrected chi connectivity index (χ4v) is 3.58. The van der Waals surface area contributed by atoms with Crippen LogP contribution in [0.4, 0.5) is 0 Å². The normalized spacial score (nSPS) is 16.0. The van der Waals surface area contributed by atoms with Gasteiger partial charge in [0.15, 0.2) is 17.3 Å². The highest BCUT2D eigenvalue weighted by Crippen LogP contribution is 2.39. The van der Waals surface area contributed by atoms with Crippen molar-refractivity contribution in [2.75, 3.05) is 28.4 Å². The van der Waals surface area contributed by atoms with E-state index in [1.54, 1.807) is 19.2 Å². The van der Waals surface area contributed by atoms with E-state index in [4.69, 9.17) is 18.9 Å². The van der Waals surface area contributed by atoms with Crippen molar-refractivity contribution in [3.63, 3.8) is 0 Å². The molecule has 1 unspecified atom stereocenters. The second kappa shape index (κ2) is 9.01. The number of carbonyl (C=O) groups is 1. The molecular formula is C23H26O6. The Labute approximate surface area is 170 Å². The SMILES string of the molecule is COc1ccc2c(c1)C(O)CCCC(C(=O)c1cc(OC)c(OC)c(OC)c1)=C2. The molecule has 1 N–H and O–H groups in total. The minimum atomic E-state index is -0.589. The van der Waals surface area contributed by atoms with Gasteiger partial charge in [0.05, 0.1) is 34.5 Å². The van der Waals surface area contributed by atoms with Crippen molar-refractivity contribution in [2.45, 2.75) is 25.4 Å². The molecule has 29 heavy (non-hydrogen) atoms. The Hall–Kier alpha value is -2.99. The van der Waals surface area contributed by atoms with Crippen molar-refractivity contribution < 1.29 is 28.8 Å². The number of aliphatic hydroxyl groups excluding tert-OH is 1. The second-order valence-corrected chi connectivity index (χ2v) is 6.82. The van der Waals surface area contributed by atoms with E-state index in [0.717, 1.165) is 11.1 Å². The summed E-state index contributed by atoms with van der Waals surface area (Å²) in [5.74, 6) is 1.87. The number of hydrogen-bond donors (Lipinski definition) is 1. The number of rotatable bonds is 6. The molecular weight excluding hydrogens is 372 g/mol.